The van der Waals surface area contributed by atoms with Gasteiger partial charge in [0.05, 0.1) is 6.54 Å². The summed E-state index contributed by atoms with van der Waals surface area (Å²) >= 11 is 5.79. The van der Waals surface area contributed by atoms with Crippen molar-refractivity contribution in [2.75, 3.05) is 26.3 Å². The fourth-order valence-corrected chi connectivity index (χ4v) is 1.43. The molecule has 0 aliphatic heterocycles. The van der Waals surface area contributed by atoms with Gasteiger partial charge in [-0.1, -0.05) is 37.7 Å². The van der Waals surface area contributed by atoms with E-state index < -0.39 is 0 Å². The van der Waals surface area contributed by atoms with E-state index in [2.05, 4.69) is 31.6 Å². The summed E-state index contributed by atoms with van der Waals surface area (Å²) in [5, 5.41) is -0.164. The van der Waals surface area contributed by atoms with Gasteiger partial charge >= 0.3 is 0 Å². The smallest absolute Gasteiger partial charge is 0.247 e. The van der Waals surface area contributed by atoms with Crippen molar-refractivity contribution in [2.45, 2.75) is 26.1 Å². The zero-order valence-corrected chi connectivity index (χ0v) is 13.1. The molecule has 20 heavy (non-hydrogen) atoms. The Bertz CT molecular complexity index is 410. The van der Waals surface area contributed by atoms with Crippen molar-refractivity contribution in [3.63, 3.8) is 0 Å². The molecule has 4 heteroatoms. The van der Waals surface area contributed by atoms with Gasteiger partial charge in [0.25, 0.3) is 0 Å². The largest absolute Gasteiger partial charge is 0.356 e. The molecule has 0 saturated carbocycles. The fourth-order valence-electron chi connectivity index (χ4n) is 1.36. The van der Waals surface area contributed by atoms with E-state index in [4.69, 9.17) is 22.8 Å². The molecule has 1 amide bonds. The molecule has 1 unspecified atom stereocenters. The maximum atomic E-state index is 12.0. The molecular weight excluding hydrogens is 274 g/mol. The first-order valence-electron chi connectivity index (χ1n) is 6.55. The normalized spacial score (nSPS) is 11.8. The van der Waals surface area contributed by atoms with E-state index in [0.29, 0.717) is 19.0 Å². The third kappa shape index (κ3) is 10.5. The monoisotopic (exact) mass is 295 g/mol. The van der Waals surface area contributed by atoms with E-state index in [-0.39, 0.29) is 24.5 Å². The molecule has 0 aliphatic carbocycles. The number of carbonyl (C=O) groups excluding carboxylic acids is 1. The molecule has 0 rings (SSSR count). The standard InChI is InChI=1S/C16H22ClNO2/c1-5-11-20-12-7-6-10-18(13-14(2)3)16(19)9-8-15(4)17/h1,8-9,14-15H,10-13H2,2-4H3/b9-8+. The zero-order valence-electron chi connectivity index (χ0n) is 12.4. The number of terminal acetylenes is 1. The second-order valence-corrected chi connectivity index (χ2v) is 5.39. The molecular formula is C16H22ClNO2. The Labute approximate surface area is 127 Å². The predicted molar refractivity (Wildman–Crippen MR) is 83.3 cm³/mol. The van der Waals surface area contributed by atoms with Crippen LogP contribution in [0, 0.1) is 30.1 Å². The molecule has 0 spiro atoms. The number of amides is 1. The van der Waals surface area contributed by atoms with Crippen LogP contribution in [0.5, 0.6) is 0 Å². The summed E-state index contributed by atoms with van der Waals surface area (Å²) in [6, 6.07) is 0. The van der Waals surface area contributed by atoms with Gasteiger partial charge in [-0.05, 0) is 12.8 Å². The zero-order chi connectivity index (χ0) is 15.4. The number of carbonyl (C=O) groups is 1. The van der Waals surface area contributed by atoms with Crippen LogP contribution in [0.25, 0.3) is 0 Å². The Morgan fingerprint density at radius 2 is 2.05 bits per heavy atom. The van der Waals surface area contributed by atoms with Gasteiger partial charge in [-0.3, -0.25) is 4.79 Å². The van der Waals surface area contributed by atoms with Crippen molar-refractivity contribution < 1.29 is 9.53 Å². The van der Waals surface area contributed by atoms with Crippen molar-refractivity contribution in [3.05, 3.63) is 12.2 Å². The molecule has 3 nitrogen and oxygen atoms in total. The Balaban J connectivity index is 4.42. The van der Waals surface area contributed by atoms with E-state index in [0.717, 1.165) is 0 Å². The Kier molecular flexibility index (Phi) is 10.6. The average molecular weight is 296 g/mol. The Morgan fingerprint density at radius 3 is 2.60 bits per heavy atom. The quantitative estimate of drug-likeness (QED) is 0.312. The minimum absolute atomic E-state index is 0.0787. The highest BCUT2D eigenvalue weighted by atomic mass is 35.5. The van der Waals surface area contributed by atoms with Crippen molar-refractivity contribution >= 4 is 17.5 Å². The third-order valence-corrected chi connectivity index (χ3v) is 2.30. The Morgan fingerprint density at radius 1 is 1.35 bits per heavy atom. The summed E-state index contributed by atoms with van der Waals surface area (Å²) < 4.78 is 5.04. The van der Waals surface area contributed by atoms with E-state index >= 15 is 0 Å². The first-order chi connectivity index (χ1) is 9.47. The van der Waals surface area contributed by atoms with Gasteiger partial charge < -0.3 is 9.64 Å². The number of hydrogen-bond acceptors (Lipinski definition) is 2. The average Bonchev–Trinajstić information content (AvgIpc) is 2.38. The van der Waals surface area contributed by atoms with Crippen LogP contribution in [-0.2, 0) is 9.53 Å². The molecule has 0 fully saturated rings. The summed E-state index contributed by atoms with van der Waals surface area (Å²) in [7, 11) is 0. The summed E-state index contributed by atoms with van der Waals surface area (Å²) in [6.45, 7) is 7.47. The molecule has 0 aromatic carbocycles. The van der Waals surface area contributed by atoms with Gasteiger partial charge in [-0.25, -0.2) is 0 Å². The summed E-state index contributed by atoms with van der Waals surface area (Å²) in [4.78, 5) is 13.7. The van der Waals surface area contributed by atoms with Crippen LogP contribution in [0.1, 0.15) is 20.8 Å². The number of hydrogen-bond donors (Lipinski definition) is 0. The minimum Gasteiger partial charge on any atom is -0.356 e. The molecule has 0 heterocycles. The second-order valence-electron chi connectivity index (χ2n) is 4.70. The predicted octanol–water partition coefficient (Wildman–Crippen LogP) is 2.31. The SMILES string of the molecule is C#CCOCC#CCN(CC(C)C)C(=O)/C=C/C(C)Cl. The highest BCUT2D eigenvalue weighted by Gasteiger charge is 2.11. The summed E-state index contributed by atoms with van der Waals surface area (Å²) in [6.07, 6.45) is 8.21. The lowest BCUT2D eigenvalue weighted by molar-refractivity contribution is -0.125. The van der Waals surface area contributed by atoms with Gasteiger partial charge in [0.1, 0.15) is 13.2 Å². The Hall–Kier alpha value is -1.42. The number of halogens is 1. The lowest BCUT2D eigenvalue weighted by atomic mass is 10.2. The first-order valence-corrected chi connectivity index (χ1v) is 6.99. The van der Waals surface area contributed by atoms with Crippen molar-refractivity contribution in [3.8, 4) is 24.2 Å². The van der Waals surface area contributed by atoms with Crippen molar-refractivity contribution in [2.24, 2.45) is 5.92 Å². The first kappa shape index (κ1) is 18.6. The molecule has 0 aliphatic rings. The van der Waals surface area contributed by atoms with Crippen LogP contribution in [0.15, 0.2) is 12.2 Å². The van der Waals surface area contributed by atoms with Gasteiger partial charge in [-0.2, -0.15) is 0 Å². The lowest BCUT2D eigenvalue weighted by Crippen LogP contribution is -2.33. The second kappa shape index (κ2) is 11.4. The lowest BCUT2D eigenvalue weighted by Gasteiger charge is -2.20. The number of rotatable bonds is 7. The van der Waals surface area contributed by atoms with Crippen LogP contribution < -0.4 is 0 Å². The number of alkyl halides is 1. The molecule has 0 aromatic rings. The number of ether oxygens (including phenoxy) is 1. The van der Waals surface area contributed by atoms with Gasteiger partial charge in [0, 0.05) is 18.0 Å². The van der Waals surface area contributed by atoms with Crippen LogP contribution >= 0.6 is 11.6 Å². The number of nitrogens with zero attached hydrogens (tertiary/aromatic N) is 1. The van der Waals surface area contributed by atoms with Crippen molar-refractivity contribution in [1.29, 1.82) is 0 Å². The van der Waals surface area contributed by atoms with Crippen LogP contribution in [0.3, 0.4) is 0 Å². The molecule has 0 N–H and O–H groups in total. The van der Waals surface area contributed by atoms with Crippen LogP contribution in [0.4, 0.5) is 0 Å². The molecule has 1 atom stereocenters. The molecule has 0 saturated heterocycles. The maximum Gasteiger partial charge on any atom is 0.247 e. The minimum atomic E-state index is -0.164. The molecule has 0 bridgehead atoms. The molecule has 0 radical (unpaired) electrons. The van der Waals surface area contributed by atoms with E-state index in [1.165, 1.54) is 6.08 Å². The van der Waals surface area contributed by atoms with Crippen LogP contribution in [0.2, 0.25) is 0 Å². The molecule has 0 aromatic heterocycles. The van der Waals surface area contributed by atoms with E-state index in [9.17, 15) is 4.79 Å². The summed E-state index contributed by atoms with van der Waals surface area (Å²) in [5.41, 5.74) is 0. The van der Waals surface area contributed by atoms with Gasteiger partial charge in [0.15, 0.2) is 0 Å². The van der Waals surface area contributed by atoms with Crippen molar-refractivity contribution in [1.82, 2.24) is 4.90 Å². The van der Waals surface area contributed by atoms with E-state index in [1.807, 2.05) is 0 Å². The van der Waals surface area contributed by atoms with E-state index in [1.54, 1.807) is 17.9 Å². The molecule has 110 valence electrons. The number of allylic oxidation sites excluding steroid dienone is 1. The maximum absolute atomic E-state index is 12.0. The topological polar surface area (TPSA) is 29.5 Å². The highest BCUT2D eigenvalue weighted by Crippen LogP contribution is 2.01. The third-order valence-electron chi connectivity index (χ3n) is 2.16. The van der Waals surface area contributed by atoms with Gasteiger partial charge in [-0.15, -0.1) is 18.0 Å². The van der Waals surface area contributed by atoms with Crippen LogP contribution in [-0.4, -0.2) is 42.5 Å². The van der Waals surface area contributed by atoms with Gasteiger partial charge in [0.2, 0.25) is 5.91 Å². The highest BCUT2D eigenvalue weighted by molar-refractivity contribution is 6.21. The summed E-state index contributed by atoms with van der Waals surface area (Å²) in [5.74, 6) is 8.40. The fraction of sp³-hybridized carbons (Fsp3) is 0.562.